The van der Waals surface area contributed by atoms with Crippen molar-refractivity contribution in [3.8, 4) is 0 Å². The first-order chi connectivity index (χ1) is 15.9. The van der Waals surface area contributed by atoms with Gasteiger partial charge in [0.2, 0.25) is 5.91 Å². The van der Waals surface area contributed by atoms with Crippen LogP contribution in [-0.4, -0.2) is 12.5 Å². The molecular weight excluding hydrogens is 402 g/mol. The zero-order chi connectivity index (χ0) is 23.4. The molecule has 4 saturated carbocycles. The highest BCUT2D eigenvalue weighted by Gasteiger charge is 2.56. The van der Waals surface area contributed by atoms with Crippen molar-refractivity contribution in [1.29, 1.82) is 0 Å². The van der Waals surface area contributed by atoms with Crippen LogP contribution in [0.25, 0.3) is 6.08 Å². The van der Waals surface area contributed by atoms with Gasteiger partial charge in [-0.2, -0.15) is 0 Å². The number of hydrogen-bond acceptors (Lipinski definition) is 1. The minimum absolute atomic E-state index is 0.0228. The number of nitrogens with one attached hydrogen (secondary N) is 1. The van der Waals surface area contributed by atoms with Crippen LogP contribution in [0.15, 0.2) is 59.7 Å². The third-order valence-corrected chi connectivity index (χ3v) is 8.98. The van der Waals surface area contributed by atoms with Gasteiger partial charge in [0, 0.05) is 12.6 Å². The molecule has 0 aromatic heterocycles. The lowest BCUT2D eigenvalue weighted by Crippen LogP contribution is -2.51. The van der Waals surface area contributed by atoms with Gasteiger partial charge in [-0.05, 0) is 98.5 Å². The van der Waals surface area contributed by atoms with Crippen LogP contribution in [0.2, 0.25) is 0 Å². The molecule has 4 fully saturated rings. The molecule has 0 heterocycles. The van der Waals surface area contributed by atoms with Crippen LogP contribution in [0.4, 0.5) is 0 Å². The zero-order valence-electron chi connectivity index (χ0n) is 21.0. The summed E-state index contributed by atoms with van der Waals surface area (Å²) in [7, 11) is 0. The van der Waals surface area contributed by atoms with Crippen molar-refractivity contribution in [2.45, 2.75) is 78.6 Å². The Bertz CT molecular complexity index is 894. The van der Waals surface area contributed by atoms with Gasteiger partial charge in [0.15, 0.2) is 0 Å². The summed E-state index contributed by atoms with van der Waals surface area (Å²) in [6, 6.07) is 11.0. The van der Waals surface area contributed by atoms with Crippen molar-refractivity contribution in [3.63, 3.8) is 0 Å². The van der Waals surface area contributed by atoms with Gasteiger partial charge in [0.25, 0.3) is 0 Å². The summed E-state index contributed by atoms with van der Waals surface area (Å²) in [5.74, 6) is 3.41. The molecular formula is C31H43NO. The quantitative estimate of drug-likeness (QED) is 0.223. The molecule has 2 nitrogen and oxygen atoms in total. The van der Waals surface area contributed by atoms with Crippen LogP contribution in [0.3, 0.4) is 0 Å². The SMILES string of the molecule is C=C(CC)C(C)=CC(=O)NCCCC(CC)C12CC3CC(CC(C3)C1=Cc1ccccc1)C2. The molecule has 1 aromatic rings. The van der Waals surface area contributed by atoms with Gasteiger partial charge in [-0.3, -0.25) is 4.79 Å². The smallest absolute Gasteiger partial charge is 0.244 e. The van der Waals surface area contributed by atoms with Crippen molar-refractivity contribution >= 4 is 12.0 Å². The molecule has 4 bridgehead atoms. The molecule has 2 heteroatoms. The van der Waals surface area contributed by atoms with Crippen LogP contribution < -0.4 is 5.32 Å². The summed E-state index contributed by atoms with van der Waals surface area (Å²) in [6.07, 6.45) is 15.8. The van der Waals surface area contributed by atoms with E-state index in [4.69, 9.17) is 0 Å². The van der Waals surface area contributed by atoms with E-state index >= 15 is 0 Å². The second-order valence-corrected chi connectivity index (χ2v) is 11.0. The molecule has 5 rings (SSSR count). The van der Waals surface area contributed by atoms with Crippen LogP contribution >= 0.6 is 0 Å². The van der Waals surface area contributed by atoms with Crippen molar-refractivity contribution in [1.82, 2.24) is 5.32 Å². The van der Waals surface area contributed by atoms with Crippen molar-refractivity contribution in [2.75, 3.05) is 6.54 Å². The predicted molar refractivity (Wildman–Crippen MR) is 140 cm³/mol. The first kappa shape index (κ1) is 24.0. The van der Waals surface area contributed by atoms with Gasteiger partial charge >= 0.3 is 0 Å². The molecule has 1 aromatic carbocycles. The first-order valence-corrected chi connectivity index (χ1v) is 13.4. The maximum Gasteiger partial charge on any atom is 0.244 e. The second-order valence-electron chi connectivity index (χ2n) is 11.0. The molecule has 0 saturated heterocycles. The Morgan fingerprint density at radius 3 is 2.48 bits per heavy atom. The summed E-state index contributed by atoms with van der Waals surface area (Å²) in [5.41, 5.74) is 5.56. The largest absolute Gasteiger partial charge is 0.353 e. The fraction of sp³-hybridized carbons (Fsp3) is 0.581. The van der Waals surface area contributed by atoms with E-state index in [0.717, 1.165) is 54.2 Å². The minimum Gasteiger partial charge on any atom is -0.353 e. The van der Waals surface area contributed by atoms with E-state index < -0.39 is 0 Å². The highest BCUT2D eigenvalue weighted by atomic mass is 16.1. The molecule has 1 amide bonds. The lowest BCUT2D eigenvalue weighted by atomic mass is 9.43. The lowest BCUT2D eigenvalue weighted by molar-refractivity contribution is -0.116. The lowest BCUT2D eigenvalue weighted by Gasteiger charge is -2.61. The number of amides is 1. The van der Waals surface area contributed by atoms with E-state index in [9.17, 15) is 4.79 Å². The molecule has 178 valence electrons. The minimum atomic E-state index is 0.0228. The van der Waals surface area contributed by atoms with E-state index in [1.807, 2.05) is 6.92 Å². The highest BCUT2D eigenvalue weighted by Crippen LogP contribution is 2.66. The first-order valence-electron chi connectivity index (χ1n) is 13.4. The number of carbonyl (C=O) groups is 1. The molecule has 0 spiro atoms. The maximum absolute atomic E-state index is 12.3. The fourth-order valence-corrected chi connectivity index (χ4v) is 7.53. The van der Waals surface area contributed by atoms with E-state index in [-0.39, 0.29) is 5.91 Å². The van der Waals surface area contributed by atoms with Gasteiger partial charge in [-0.1, -0.05) is 74.4 Å². The molecule has 3 atom stereocenters. The Balaban J connectivity index is 1.45. The fourth-order valence-electron chi connectivity index (χ4n) is 7.53. The van der Waals surface area contributed by atoms with Gasteiger partial charge in [-0.15, -0.1) is 0 Å². The van der Waals surface area contributed by atoms with Gasteiger partial charge < -0.3 is 5.32 Å². The van der Waals surface area contributed by atoms with Crippen LogP contribution in [0.5, 0.6) is 0 Å². The summed E-state index contributed by atoms with van der Waals surface area (Å²) >= 11 is 0. The van der Waals surface area contributed by atoms with Gasteiger partial charge in [0.1, 0.15) is 0 Å². The Labute approximate surface area is 201 Å². The number of benzene rings is 1. The van der Waals surface area contributed by atoms with Crippen molar-refractivity contribution in [3.05, 3.63) is 65.3 Å². The zero-order valence-corrected chi connectivity index (χ0v) is 21.0. The van der Waals surface area contributed by atoms with E-state index in [0.29, 0.717) is 5.41 Å². The molecule has 3 unspecified atom stereocenters. The highest BCUT2D eigenvalue weighted by molar-refractivity contribution is 5.88. The molecule has 1 N–H and O–H groups in total. The Morgan fingerprint density at radius 1 is 1.15 bits per heavy atom. The van der Waals surface area contributed by atoms with Crippen LogP contribution in [0.1, 0.15) is 84.1 Å². The number of hydrogen-bond donors (Lipinski definition) is 1. The predicted octanol–water partition coefficient (Wildman–Crippen LogP) is 7.73. The van der Waals surface area contributed by atoms with Gasteiger partial charge in [0.05, 0.1) is 0 Å². The summed E-state index contributed by atoms with van der Waals surface area (Å²) in [6.45, 7) is 11.2. The summed E-state index contributed by atoms with van der Waals surface area (Å²) in [5, 5.41) is 3.13. The number of allylic oxidation sites excluding steroid dienone is 3. The Kier molecular flexibility index (Phi) is 7.62. The molecule has 4 aliphatic rings. The number of rotatable bonds is 10. The molecule has 0 radical (unpaired) electrons. The summed E-state index contributed by atoms with van der Waals surface area (Å²) in [4.78, 5) is 12.3. The standard InChI is InChI=1S/C31H43NO/c1-5-22(3)23(4)15-30(33)32-14-10-13-28(6-2)31-20-25-16-26(21-31)18-27(17-25)29(31)19-24-11-8-7-9-12-24/h7-9,11-12,15,19,25-28H,3,5-6,10,13-14,16-18,20-21H2,1-2,4H3,(H,32,33). The van der Waals surface area contributed by atoms with E-state index in [1.165, 1.54) is 50.5 Å². The third-order valence-electron chi connectivity index (χ3n) is 8.98. The van der Waals surface area contributed by atoms with Crippen LogP contribution in [0, 0.1) is 29.1 Å². The normalized spacial score (nSPS) is 30.5. The Hall–Kier alpha value is -2.09. The third kappa shape index (κ3) is 5.20. The van der Waals surface area contributed by atoms with Crippen molar-refractivity contribution < 1.29 is 4.79 Å². The molecule has 0 aliphatic heterocycles. The topological polar surface area (TPSA) is 29.1 Å². The molecule has 4 aliphatic carbocycles. The molecule has 33 heavy (non-hydrogen) atoms. The average molecular weight is 446 g/mol. The second kappa shape index (κ2) is 10.5. The Morgan fingerprint density at radius 2 is 1.85 bits per heavy atom. The van der Waals surface area contributed by atoms with Crippen LogP contribution in [-0.2, 0) is 4.79 Å². The van der Waals surface area contributed by atoms with Crippen molar-refractivity contribution in [2.24, 2.45) is 29.1 Å². The van der Waals surface area contributed by atoms with E-state index in [1.54, 1.807) is 11.6 Å². The maximum atomic E-state index is 12.3. The summed E-state index contributed by atoms with van der Waals surface area (Å²) < 4.78 is 0. The van der Waals surface area contributed by atoms with Gasteiger partial charge in [-0.25, -0.2) is 0 Å². The average Bonchev–Trinajstić information content (AvgIpc) is 2.81. The van der Waals surface area contributed by atoms with E-state index in [2.05, 4.69) is 62.2 Å². The monoisotopic (exact) mass is 445 g/mol. The number of carbonyl (C=O) groups excluding carboxylic acids is 1.